The summed E-state index contributed by atoms with van der Waals surface area (Å²) >= 11 is 0. The van der Waals surface area contributed by atoms with Crippen molar-refractivity contribution >= 4 is 11.8 Å². The Morgan fingerprint density at radius 2 is 2.00 bits per heavy atom. The molecule has 0 saturated heterocycles. The van der Waals surface area contributed by atoms with Gasteiger partial charge in [0.25, 0.3) is 0 Å². The maximum atomic E-state index is 12.9. The number of anilines is 1. The maximum Gasteiger partial charge on any atom is 0.411 e. The van der Waals surface area contributed by atoms with E-state index in [0.717, 1.165) is 16.8 Å². The Balaban J connectivity index is 1.94. The maximum absolute atomic E-state index is 12.9. The van der Waals surface area contributed by atoms with Crippen molar-refractivity contribution in [2.45, 2.75) is 25.7 Å². The summed E-state index contributed by atoms with van der Waals surface area (Å²) in [6.07, 6.45) is 1.40. The molecule has 0 fully saturated rings. The van der Waals surface area contributed by atoms with Gasteiger partial charge in [0.05, 0.1) is 11.4 Å². The van der Waals surface area contributed by atoms with Crippen molar-refractivity contribution in [3.05, 3.63) is 59.2 Å². The number of benzene rings is 1. The number of pyridine rings is 1. The van der Waals surface area contributed by atoms with E-state index in [1.54, 1.807) is 18.3 Å². The van der Waals surface area contributed by atoms with E-state index >= 15 is 0 Å². The summed E-state index contributed by atoms with van der Waals surface area (Å²) in [5, 5.41) is 9.36. The highest BCUT2D eigenvalue weighted by molar-refractivity contribution is 5.89. The monoisotopic (exact) mass is 300 g/mol. The third-order valence-electron chi connectivity index (χ3n) is 3.96. The Morgan fingerprint density at radius 3 is 2.64 bits per heavy atom. The fourth-order valence-corrected chi connectivity index (χ4v) is 2.88. The van der Waals surface area contributed by atoms with Gasteiger partial charge in [0.2, 0.25) is 0 Å². The number of hydrogen-bond acceptors (Lipinski definition) is 2. The fourth-order valence-electron chi connectivity index (χ4n) is 2.88. The summed E-state index contributed by atoms with van der Waals surface area (Å²) < 4.78 is 12.9. The first-order valence-corrected chi connectivity index (χ1v) is 7.11. The highest BCUT2D eigenvalue weighted by atomic mass is 19.1. The summed E-state index contributed by atoms with van der Waals surface area (Å²) in [5.41, 5.74) is 3.04. The summed E-state index contributed by atoms with van der Waals surface area (Å²) in [4.78, 5) is 17.2. The van der Waals surface area contributed by atoms with E-state index in [2.05, 4.69) is 4.98 Å². The molecule has 1 aliphatic rings. The van der Waals surface area contributed by atoms with Crippen molar-refractivity contribution in [2.24, 2.45) is 0 Å². The molecule has 1 aromatic carbocycles. The van der Waals surface area contributed by atoms with Crippen LogP contribution in [-0.4, -0.2) is 22.7 Å². The van der Waals surface area contributed by atoms with E-state index in [0.29, 0.717) is 18.7 Å². The lowest BCUT2D eigenvalue weighted by atomic mass is 9.91. The van der Waals surface area contributed by atoms with Gasteiger partial charge in [-0.05, 0) is 35.7 Å². The molecule has 1 aromatic heterocycles. The predicted molar refractivity (Wildman–Crippen MR) is 81.8 cm³/mol. The number of aromatic nitrogens is 1. The Bertz CT molecular complexity index is 726. The van der Waals surface area contributed by atoms with E-state index in [-0.39, 0.29) is 11.2 Å². The van der Waals surface area contributed by atoms with Crippen molar-refractivity contribution in [3.8, 4) is 0 Å². The van der Waals surface area contributed by atoms with Crippen LogP contribution in [0.15, 0.2) is 36.5 Å². The first-order chi connectivity index (χ1) is 10.4. The second-order valence-corrected chi connectivity index (χ2v) is 6.27. The standard InChI is InChI=1S/C17H17FN2O2/c1-17(2)10-20(16(21)22)14-8-12(9-19-15(14)17)7-11-3-5-13(18)6-4-11/h3-6,8-9H,7,10H2,1-2H3,(H,21,22). The predicted octanol–water partition coefficient (Wildman–Crippen LogP) is 3.59. The Morgan fingerprint density at radius 1 is 1.32 bits per heavy atom. The zero-order chi connectivity index (χ0) is 15.9. The smallest absolute Gasteiger partial charge is 0.411 e. The zero-order valence-corrected chi connectivity index (χ0v) is 12.5. The van der Waals surface area contributed by atoms with Gasteiger partial charge in [-0.2, -0.15) is 0 Å². The van der Waals surface area contributed by atoms with Gasteiger partial charge in [-0.25, -0.2) is 9.18 Å². The molecular formula is C17H17FN2O2. The van der Waals surface area contributed by atoms with E-state index in [1.165, 1.54) is 17.0 Å². The molecule has 1 aliphatic heterocycles. The van der Waals surface area contributed by atoms with Crippen LogP contribution in [0.3, 0.4) is 0 Å². The van der Waals surface area contributed by atoms with Crippen LogP contribution in [-0.2, 0) is 11.8 Å². The van der Waals surface area contributed by atoms with Crippen molar-refractivity contribution in [1.82, 2.24) is 4.98 Å². The lowest BCUT2D eigenvalue weighted by Gasteiger charge is -2.17. The van der Waals surface area contributed by atoms with Crippen LogP contribution in [0.5, 0.6) is 0 Å². The summed E-state index contributed by atoms with van der Waals surface area (Å²) in [6.45, 7) is 4.38. The number of rotatable bonds is 2. The third kappa shape index (κ3) is 2.54. The minimum Gasteiger partial charge on any atom is -0.465 e. The Labute approximate surface area is 128 Å². The van der Waals surface area contributed by atoms with Crippen LogP contribution in [0, 0.1) is 5.82 Å². The second-order valence-electron chi connectivity index (χ2n) is 6.27. The van der Waals surface area contributed by atoms with Crippen molar-refractivity contribution in [3.63, 3.8) is 0 Å². The highest BCUT2D eigenvalue weighted by Gasteiger charge is 2.39. The minimum absolute atomic E-state index is 0.269. The molecule has 0 saturated carbocycles. The van der Waals surface area contributed by atoms with Gasteiger partial charge >= 0.3 is 6.09 Å². The number of fused-ring (bicyclic) bond motifs is 1. The molecule has 3 rings (SSSR count). The molecule has 2 heterocycles. The molecule has 0 spiro atoms. The summed E-state index contributed by atoms with van der Waals surface area (Å²) in [5.74, 6) is -0.269. The Hall–Kier alpha value is -2.43. The molecule has 0 unspecified atom stereocenters. The SMILES string of the molecule is CC1(C)CN(C(=O)O)c2cc(Cc3ccc(F)cc3)cnc21. The van der Waals surface area contributed by atoms with Gasteiger partial charge < -0.3 is 5.11 Å². The fraction of sp³-hybridized carbons (Fsp3) is 0.294. The molecule has 1 amide bonds. The Kier molecular flexibility index (Phi) is 3.35. The highest BCUT2D eigenvalue weighted by Crippen LogP contribution is 2.39. The quantitative estimate of drug-likeness (QED) is 0.922. The van der Waals surface area contributed by atoms with Crippen LogP contribution in [0.4, 0.5) is 14.9 Å². The van der Waals surface area contributed by atoms with Gasteiger partial charge in [0.1, 0.15) is 5.82 Å². The average molecular weight is 300 g/mol. The third-order valence-corrected chi connectivity index (χ3v) is 3.96. The number of halogens is 1. The molecule has 1 N–H and O–H groups in total. The molecule has 0 radical (unpaired) electrons. The topological polar surface area (TPSA) is 53.4 Å². The molecule has 22 heavy (non-hydrogen) atoms. The van der Waals surface area contributed by atoms with E-state index in [1.807, 2.05) is 19.9 Å². The minimum atomic E-state index is -0.965. The largest absolute Gasteiger partial charge is 0.465 e. The number of nitrogens with zero attached hydrogens (tertiary/aromatic N) is 2. The van der Waals surface area contributed by atoms with Crippen LogP contribution >= 0.6 is 0 Å². The van der Waals surface area contributed by atoms with Crippen LogP contribution in [0.2, 0.25) is 0 Å². The normalized spacial score (nSPS) is 15.7. The molecule has 114 valence electrons. The first kappa shape index (κ1) is 14.5. The number of carboxylic acid groups (broad SMARTS) is 1. The molecule has 4 nitrogen and oxygen atoms in total. The van der Waals surface area contributed by atoms with Gasteiger partial charge in [-0.1, -0.05) is 26.0 Å². The van der Waals surface area contributed by atoms with Gasteiger partial charge in [0, 0.05) is 18.2 Å². The van der Waals surface area contributed by atoms with Gasteiger partial charge in [0.15, 0.2) is 0 Å². The summed E-state index contributed by atoms with van der Waals surface area (Å²) in [7, 11) is 0. The lowest BCUT2D eigenvalue weighted by Crippen LogP contribution is -2.32. The number of amides is 1. The van der Waals surface area contributed by atoms with E-state index < -0.39 is 6.09 Å². The molecule has 0 aliphatic carbocycles. The van der Waals surface area contributed by atoms with Crippen molar-refractivity contribution < 1.29 is 14.3 Å². The zero-order valence-electron chi connectivity index (χ0n) is 12.5. The van der Waals surface area contributed by atoms with Gasteiger partial charge in [-0.15, -0.1) is 0 Å². The molecule has 2 aromatic rings. The van der Waals surface area contributed by atoms with Gasteiger partial charge in [-0.3, -0.25) is 9.88 Å². The van der Waals surface area contributed by atoms with Crippen LogP contribution in [0.1, 0.15) is 30.7 Å². The van der Waals surface area contributed by atoms with E-state index in [4.69, 9.17) is 0 Å². The van der Waals surface area contributed by atoms with E-state index in [9.17, 15) is 14.3 Å². The number of carbonyl (C=O) groups is 1. The molecule has 5 heteroatoms. The molecule has 0 atom stereocenters. The second kappa shape index (κ2) is 5.09. The molecule has 0 bridgehead atoms. The van der Waals surface area contributed by atoms with Crippen molar-refractivity contribution in [2.75, 3.05) is 11.4 Å². The number of hydrogen-bond donors (Lipinski definition) is 1. The van der Waals surface area contributed by atoms with Crippen LogP contribution < -0.4 is 4.90 Å². The molecular weight excluding hydrogens is 283 g/mol. The first-order valence-electron chi connectivity index (χ1n) is 7.11. The van der Waals surface area contributed by atoms with Crippen LogP contribution in [0.25, 0.3) is 0 Å². The average Bonchev–Trinajstić information content (AvgIpc) is 2.73. The van der Waals surface area contributed by atoms with Crippen molar-refractivity contribution in [1.29, 1.82) is 0 Å². The lowest BCUT2D eigenvalue weighted by molar-refractivity contribution is 0.201. The summed E-state index contributed by atoms with van der Waals surface area (Å²) in [6, 6.07) is 8.16.